The molecule has 0 saturated carbocycles. The van der Waals surface area contributed by atoms with Crippen LogP contribution in [0, 0.1) is 0 Å². The van der Waals surface area contributed by atoms with E-state index in [2.05, 4.69) is 14.2 Å². The van der Waals surface area contributed by atoms with E-state index in [9.17, 15) is 0 Å². The first-order chi connectivity index (χ1) is 3.27. The summed E-state index contributed by atoms with van der Waals surface area (Å²) in [5.74, 6) is 0. The van der Waals surface area contributed by atoms with Crippen LogP contribution in [0.3, 0.4) is 0 Å². The van der Waals surface area contributed by atoms with E-state index in [0.717, 1.165) is 12.5 Å². The Kier molecular flexibility index (Phi) is 61.9. The molecule has 0 atom stereocenters. The fourth-order valence-electron chi connectivity index (χ4n) is 0.430. The van der Waals surface area contributed by atoms with Crippen molar-refractivity contribution in [2.75, 3.05) is 0 Å². The minimum atomic E-state index is 0. The van der Waals surface area contributed by atoms with E-state index in [1.165, 1.54) is 0 Å². The van der Waals surface area contributed by atoms with E-state index in [0.29, 0.717) is 6.60 Å². The van der Waals surface area contributed by atoms with E-state index >= 15 is 0 Å². The van der Waals surface area contributed by atoms with Crippen LogP contribution in [0.1, 0.15) is 36.6 Å². The summed E-state index contributed by atoms with van der Waals surface area (Å²) < 4.78 is 0. The molecular weight excluding hydrogens is 129 g/mol. The van der Waals surface area contributed by atoms with Crippen LogP contribution in [-0.2, 0) is 0 Å². The summed E-state index contributed by atoms with van der Waals surface area (Å²) in [7, 11) is 7.65. The van der Waals surface area contributed by atoms with Gasteiger partial charge in [-0.25, -0.2) is 0 Å². The van der Waals surface area contributed by atoms with Gasteiger partial charge in [-0.15, -0.1) is 6.22 Å². The molecule has 0 aliphatic heterocycles. The Bertz CT molecular complexity index is 38.3. The fraction of sp³-hybridized carbons (Fsp3) is 1.00. The van der Waals surface area contributed by atoms with Crippen molar-refractivity contribution in [1.82, 2.24) is 0 Å². The Morgan fingerprint density at radius 2 is 1.55 bits per heavy atom. The second kappa shape index (κ2) is 22.5. The number of hydrogen-bond acceptors (Lipinski definition) is 0. The first kappa shape index (κ1) is 30.3. The first-order valence-electron chi connectivity index (χ1n) is 2.84. The van der Waals surface area contributed by atoms with Gasteiger partial charge in [0.05, 0.1) is 13.9 Å². The topological polar surface area (TPSA) is 0 Å². The van der Waals surface area contributed by atoms with Gasteiger partial charge in [0.2, 0.25) is 0 Å². The lowest BCUT2D eigenvalue weighted by Gasteiger charge is -1.93. The summed E-state index contributed by atoms with van der Waals surface area (Å²) >= 11 is 0. The molecule has 0 aromatic carbocycles. The van der Waals surface area contributed by atoms with Crippen LogP contribution in [0.25, 0.3) is 0 Å². The minimum Gasteiger partial charge on any atom is -0.108 e. The van der Waals surface area contributed by atoms with Crippen LogP contribution in [0.2, 0.25) is 19.4 Å². The van der Waals surface area contributed by atoms with Gasteiger partial charge in [0.25, 0.3) is 0 Å². The lowest BCUT2D eigenvalue weighted by Crippen LogP contribution is -2.09. The molecule has 0 heterocycles. The molecule has 0 spiro atoms. The molecule has 67 valence electrons. The highest BCUT2D eigenvalue weighted by Gasteiger charge is 1.94. The zero-order chi connectivity index (χ0) is 5.70. The van der Waals surface area contributed by atoms with Gasteiger partial charge in [-0.1, -0.05) is 49.8 Å². The Hall–Kier alpha value is 0.195. The van der Waals surface area contributed by atoms with E-state index < -0.39 is 0 Å². The van der Waals surface area contributed by atoms with E-state index in [-0.39, 0.29) is 29.7 Å². The molecule has 0 fully saturated rings. The molecule has 0 aromatic rings. The average Bonchev–Trinajstić information content (AvgIpc) is 1.61. The molecular formula is C8H26B3. The van der Waals surface area contributed by atoms with Gasteiger partial charge in [0.15, 0.2) is 0 Å². The highest BCUT2D eigenvalue weighted by atomic mass is 13.4. The summed E-state index contributed by atoms with van der Waals surface area (Å²) in [6.45, 7) is 4.49. The van der Waals surface area contributed by atoms with Crippen LogP contribution < -0.4 is 0 Å². The maximum atomic E-state index is 5.45. The largest absolute Gasteiger partial charge is 0.108 e. The fourth-order valence-corrected chi connectivity index (χ4v) is 0.430. The molecule has 11 heavy (non-hydrogen) atoms. The maximum absolute atomic E-state index is 5.45. The summed E-state index contributed by atoms with van der Waals surface area (Å²) in [6, 6.07) is 0. The molecule has 0 amide bonds. The Morgan fingerprint density at radius 3 is 1.64 bits per heavy atom. The molecule has 3 heteroatoms. The Labute approximate surface area is 78.3 Å². The molecule has 0 saturated heterocycles. The van der Waals surface area contributed by atoms with Crippen molar-refractivity contribution in [2.24, 2.45) is 0 Å². The highest BCUT2D eigenvalue weighted by Crippen LogP contribution is 1.85. The highest BCUT2D eigenvalue weighted by molar-refractivity contribution is 7.05. The molecule has 0 aromatic heterocycles. The predicted molar refractivity (Wildman–Crippen MR) is 65.3 cm³/mol. The van der Waals surface area contributed by atoms with Crippen molar-refractivity contribution < 1.29 is 0 Å². The Balaban J connectivity index is -0.0000000300. The van der Waals surface area contributed by atoms with Gasteiger partial charge in [0, 0.05) is 7.74 Å². The smallest absolute Gasteiger partial charge is 0.0999 e. The van der Waals surface area contributed by atoms with Gasteiger partial charge in [-0.3, -0.25) is 0 Å². The number of rotatable bonds is 3. The summed E-state index contributed by atoms with van der Waals surface area (Å²) in [5.41, 5.74) is 0. The molecule has 0 N–H and O–H groups in total. The lowest BCUT2D eigenvalue weighted by atomic mass is 9.27. The van der Waals surface area contributed by atoms with Crippen molar-refractivity contribution in [3.05, 3.63) is 0 Å². The van der Waals surface area contributed by atoms with Crippen molar-refractivity contribution in [3.8, 4) is 0 Å². The standard InChI is InChI=1S/C4H10B3.4CH4/c1-3-6-4-7(2)5;;;;/h3-4H2,1-2H3;4*1H4. The minimum absolute atomic E-state index is 0. The third-order valence-corrected chi connectivity index (χ3v) is 0.827. The van der Waals surface area contributed by atoms with E-state index in [1.54, 1.807) is 0 Å². The SMILES string of the molecule is C.C.C.C.[B]B(C)C[B]CC. The zero-order valence-electron chi connectivity index (χ0n) is 5.15. The lowest BCUT2D eigenvalue weighted by molar-refractivity contribution is 1.44. The molecule has 0 rings (SSSR count). The third kappa shape index (κ3) is 38.9. The quantitative estimate of drug-likeness (QED) is 0.547. The van der Waals surface area contributed by atoms with E-state index in [4.69, 9.17) is 7.74 Å². The van der Waals surface area contributed by atoms with Crippen molar-refractivity contribution in [3.63, 3.8) is 0 Å². The van der Waals surface area contributed by atoms with Crippen LogP contribution in [0.4, 0.5) is 0 Å². The average molecular weight is 155 g/mol. The Morgan fingerprint density at radius 1 is 1.18 bits per heavy atom. The molecule has 0 unspecified atom stereocenters. The van der Waals surface area contributed by atoms with Crippen molar-refractivity contribution >= 4 is 21.6 Å². The predicted octanol–water partition coefficient (Wildman–Crippen LogP) is 3.42. The molecule has 3 radical (unpaired) electrons. The molecule has 0 nitrogen and oxygen atoms in total. The van der Waals surface area contributed by atoms with E-state index in [1.807, 2.05) is 6.82 Å². The molecule has 0 aliphatic rings. The summed E-state index contributed by atoms with van der Waals surface area (Å²) in [6.07, 6.45) is 2.19. The van der Waals surface area contributed by atoms with Crippen LogP contribution in [-0.4, -0.2) is 21.6 Å². The molecule has 0 bridgehead atoms. The van der Waals surface area contributed by atoms with Gasteiger partial charge in [-0.05, 0) is 0 Å². The number of hydrogen-bond donors (Lipinski definition) is 0. The normalized spacial score (nSPS) is 5.27. The van der Waals surface area contributed by atoms with Gasteiger partial charge < -0.3 is 0 Å². The van der Waals surface area contributed by atoms with Crippen molar-refractivity contribution in [2.45, 2.75) is 56.0 Å². The van der Waals surface area contributed by atoms with Crippen LogP contribution >= 0.6 is 0 Å². The van der Waals surface area contributed by atoms with Crippen LogP contribution in [0.5, 0.6) is 0 Å². The van der Waals surface area contributed by atoms with Gasteiger partial charge in [0.1, 0.15) is 0 Å². The second-order valence-electron chi connectivity index (χ2n) is 1.91. The van der Waals surface area contributed by atoms with Crippen molar-refractivity contribution in [1.29, 1.82) is 0 Å². The van der Waals surface area contributed by atoms with Crippen LogP contribution in [0.15, 0.2) is 0 Å². The third-order valence-electron chi connectivity index (χ3n) is 0.827. The summed E-state index contributed by atoms with van der Waals surface area (Å²) in [5, 5.41) is 0. The maximum Gasteiger partial charge on any atom is 0.0999 e. The second-order valence-corrected chi connectivity index (χ2v) is 1.91. The zero-order valence-corrected chi connectivity index (χ0v) is 5.15. The monoisotopic (exact) mass is 155 g/mol. The molecule has 0 aliphatic carbocycles. The summed E-state index contributed by atoms with van der Waals surface area (Å²) in [4.78, 5) is 0. The first-order valence-corrected chi connectivity index (χ1v) is 2.84. The van der Waals surface area contributed by atoms with Gasteiger partial charge >= 0.3 is 0 Å². The van der Waals surface area contributed by atoms with Gasteiger partial charge in [-0.2, -0.15) is 0 Å².